The van der Waals surface area contributed by atoms with Crippen molar-refractivity contribution < 1.29 is 0 Å². The molecule has 1 aromatic heterocycles. The highest BCUT2D eigenvalue weighted by molar-refractivity contribution is 5.85. The van der Waals surface area contributed by atoms with Gasteiger partial charge in [0.1, 0.15) is 6.07 Å². The van der Waals surface area contributed by atoms with E-state index in [9.17, 15) is 5.26 Å². The molecule has 0 unspecified atom stereocenters. The Morgan fingerprint density at radius 2 is 1.82 bits per heavy atom. The Morgan fingerprint density at radius 1 is 1.09 bits per heavy atom. The van der Waals surface area contributed by atoms with Crippen LogP contribution in [0, 0.1) is 11.3 Å². The van der Waals surface area contributed by atoms with E-state index in [0.717, 1.165) is 5.69 Å². The molecule has 0 aliphatic heterocycles. The highest BCUT2D eigenvalue weighted by atomic mass is 15.4. The number of aromatic nitrogens is 3. The average molecular weight is 290 g/mol. The van der Waals surface area contributed by atoms with Crippen molar-refractivity contribution in [3.8, 4) is 6.07 Å². The number of nitrogens with zero attached hydrogens (tertiary/aromatic N) is 4. The zero-order valence-corrected chi connectivity index (χ0v) is 13.0. The SMILES string of the molecule is CC(C)(C)c1c(C#N)nnn1Cc1cccc2ccccc12. The number of hydrogen-bond acceptors (Lipinski definition) is 3. The van der Waals surface area contributed by atoms with E-state index in [1.165, 1.54) is 16.3 Å². The predicted octanol–water partition coefficient (Wildman–Crippen LogP) is 3.65. The molecule has 0 atom stereocenters. The molecule has 0 saturated heterocycles. The molecule has 3 aromatic rings. The molecule has 110 valence electrons. The third kappa shape index (κ3) is 2.46. The molecule has 0 spiro atoms. The molecule has 2 aromatic carbocycles. The largest absolute Gasteiger partial charge is 0.243 e. The van der Waals surface area contributed by atoms with Gasteiger partial charge in [0.05, 0.1) is 12.2 Å². The Morgan fingerprint density at radius 3 is 2.55 bits per heavy atom. The Kier molecular flexibility index (Phi) is 3.42. The van der Waals surface area contributed by atoms with Crippen LogP contribution in [0.3, 0.4) is 0 Å². The van der Waals surface area contributed by atoms with E-state index >= 15 is 0 Å². The smallest absolute Gasteiger partial charge is 0.186 e. The van der Waals surface area contributed by atoms with E-state index in [-0.39, 0.29) is 5.41 Å². The van der Waals surface area contributed by atoms with E-state index in [1.54, 1.807) is 0 Å². The van der Waals surface area contributed by atoms with Gasteiger partial charge in [0.2, 0.25) is 0 Å². The lowest BCUT2D eigenvalue weighted by molar-refractivity contribution is 0.501. The van der Waals surface area contributed by atoms with Gasteiger partial charge in [0, 0.05) is 5.41 Å². The third-order valence-electron chi connectivity index (χ3n) is 3.75. The second-order valence-electron chi connectivity index (χ2n) is 6.44. The molecule has 0 aliphatic carbocycles. The van der Waals surface area contributed by atoms with Crippen molar-refractivity contribution in [2.75, 3.05) is 0 Å². The quantitative estimate of drug-likeness (QED) is 0.724. The summed E-state index contributed by atoms with van der Waals surface area (Å²) >= 11 is 0. The monoisotopic (exact) mass is 290 g/mol. The molecular weight excluding hydrogens is 272 g/mol. The Balaban J connectivity index is 2.11. The maximum atomic E-state index is 9.27. The lowest BCUT2D eigenvalue weighted by atomic mass is 9.90. The summed E-state index contributed by atoms with van der Waals surface area (Å²) in [6.45, 7) is 6.84. The summed E-state index contributed by atoms with van der Waals surface area (Å²) in [6, 6.07) is 16.7. The summed E-state index contributed by atoms with van der Waals surface area (Å²) < 4.78 is 1.85. The number of hydrogen-bond donors (Lipinski definition) is 0. The minimum Gasteiger partial charge on any atom is -0.243 e. The summed E-state index contributed by atoms with van der Waals surface area (Å²) in [4.78, 5) is 0. The van der Waals surface area contributed by atoms with Crippen molar-refractivity contribution >= 4 is 10.8 Å². The lowest BCUT2D eigenvalue weighted by Gasteiger charge is -2.20. The average Bonchev–Trinajstić information content (AvgIpc) is 2.90. The van der Waals surface area contributed by atoms with Gasteiger partial charge in [-0.1, -0.05) is 68.4 Å². The van der Waals surface area contributed by atoms with Crippen molar-refractivity contribution in [1.82, 2.24) is 15.0 Å². The minimum atomic E-state index is -0.181. The molecule has 0 fully saturated rings. The molecule has 0 aliphatic rings. The first-order chi connectivity index (χ1) is 10.5. The molecule has 0 saturated carbocycles. The third-order valence-corrected chi connectivity index (χ3v) is 3.75. The molecule has 4 nitrogen and oxygen atoms in total. The molecule has 3 rings (SSSR count). The zero-order valence-electron chi connectivity index (χ0n) is 13.0. The van der Waals surface area contributed by atoms with Crippen LogP contribution >= 0.6 is 0 Å². The van der Waals surface area contributed by atoms with E-state index in [0.29, 0.717) is 12.2 Å². The highest BCUT2D eigenvalue weighted by Gasteiger charge is 2.25. The van der Waals surface area contributed by atoms with E-state index in [4.69, 9.17) is 0 Å². The van der Waals surface area contributed by atoms with Crippen LogP contribution in [-0.4, -0.2) is 15.0 Å². The highest BCUT2D eigenvalue weighted by Crippen LogP contribution is 2.26. The van der Waals surface area contributed by atoms with Gasteiger partial charge < -0.3 is 0 Å². The topological polar surface area (TPSA) is 54.5 Å². The van der Waals surface area contributed by atoms with Gasteiger partial charge in [-0.2, -0.15) is 5.26 Å². The molecule has 0 radical (unpaired) electrons. The maximum absolute atomic E-state index is 9.27. The van der Waals surface area contributed by atoms with Crippen LogP contribution in [0.1, 0.15) is 37.7 Å². The standard InChI is InChI=1S/C18H18N4/c1-18(2,3)17-16(11-19)20-21-22(17)12-14-9-6-8-13-7-4-5-10-15(13)14/h4-10H,12H2,1-3H3. The fourth-order valence-corrected chi connectivity index (χ4v) is 2.83. The van der Waals surface area contributed by atoms with Gasteiger partial charge in [-0.25, -0.2) is 4.68 Å². The minimum absolute atomic E-state index is 0.181. The summed E-state index contributed by atoms with van der Waals surface area (Å²) in [5.41, 5.74) is 2.28. The summed E-state index contributed by atoms with van der Waals surface area (Å²) in [6.07, 6.45) is 0. The van der Waals surface area contributed by atoms with Crippen molar-refractivity contribution in [2.45, 2.75) is 32.7 Å². The van der Waals surface area contributed by atoms with Gasteiger partial charge in [-0.15, -0.1) is 5.10 Å². The van der Waals surface area contributed by atoms with Crippen LogP contribution in [0.25, 0.3) is 10.8 Å². The van der Waals surface area contributed by atoms with Crippen LogP contribution in [0.15, 0.2) is 42.5 Å². The summed E-state index contributed by atoms with van der Waals surface area (Å²) in [5.74, 6) is 0. The van der Waals surface area contributed by atoms with Gasteiger partial charge in [0.25, 0.3) is 0 Å². The van der Waals surface area contributed by atoms with Gasteiger partial charge >= 0.3 is 0 Å². The van der Waals surface area contributed by atoms with Crippen LogP contribution in [0.5, 0.6) is 0 Å². The molecule has 0 amide bonds. The summed E-state index contributed by atoms with van der Waals surface area (Å²) in [5, 5.41) is 19.9. The summed E-state index contributed by atoms with van der Waals surface area (Å²) in [7, 11) is 0. The number of nitriles is 1. The van der Waals surface area contributed by atoms with Crippen LogP contribution in [-0.2, 0) is 12.0 Å². The number of fused-ring (bicyclic) bond motifs is 1. The molecule has 22 heavy (non-hydrogen) atoms. The molecule has 0 bridgehead atoms. The number of benzene rings is 2. The first-order valence-corrected chi connectivity index (χ1v) is 7.31. The first kappa shape index (κ1) is 14.3. The molecule has 0 N–H and O–H groups in total. The van der Waals surface area contributed by atoms with Gasteiger partial charge in [-0.05, 0) is 16.3 Å². The van der Waals surface area contributed by atoms with Gasteiger partial charge in [0.15, 0.2) is 5.69 Å². The fourth-order valence-electron chi connectivity index (χ4n) is 2.83. The maximum Gasteiger partial charge on any atom is 0.186 e. The number of rotatable bonds is 2. The Bertz CT molecular complexity index is 857. The van der Waals surface area contributed by atoms with Crippen molar-refractivity contribution in [3.63, 3.8) is 0 Å². The van der Waals surface area contributed by atoms with Crippen molar-refractivity contribution in [2.24, 2.45) is 0 Å². The second kappa shape index (κ2) is 5.27. The predicted molar refractivity (Wildman–Crippen MR) is 86.5 cm³/mol. The fraction of sp³-hybridized carbons (Fsp3) is 0.278. The lowest BCUT2D eigenvalue weighted by Crippen LogP contribution is -2.20. The molecular formula is C18H18N4. The first-order valence-electron chi connectivity index (χ1n) is 7.31. The Hall–Kier alpha value is -2.67. The second-order valence-corrected chi connectivity index (χ2v) is 6.44. The van der Waals surface area contributed by atoms with E-state index in [1.807, 2.05) is 16.8 Å². The normalized spacial score (nSPS) is 11.5. The van der Waals surface area contributed by atoms with Crippen LogP contribution < -0.4 is 0 Å². The zero-order chi connectivity index (χ0) is 15.7. The Labute approximate surface area is 130 Å². The van der Waals surface area contributed by atoms with Crippen molar-refractivity contribution in [1.29, 1.82) is 5.26 Å². The van der Waals surface area contributed by atoms with E-state index in [2.05, 4.69) is 67.5 Å². The molecule has 1 heterocycles. The van der Waals surface area contributed by atoms with Gasteiger partial charge in [-0.3, -0.25) is 0 Å². The van der Waals surface area contributed by atoms with E-state index < -0.39 is 0 Å². The molecule has 4 heteroatoms. The van der Waals surface area contributed by atoms with Crippen LogP contribution in [0.2, 0.25) is 0 Å². The van der Waals surface area contributed by atoms with Crippen LogP contribution in [0.4, 0.5) is 0 Å². The van der Waals surface area contributed by atoms with Crippen molar-refractivity contribution in [3.05, 3.63) is 59.4 Å².